The van der Waals surface area contributed by atoms with Crippen LogP contribution in [0.25, 0.3) is 0 Å². The zero-order chi connectivity index (χ0) is 16.9. The molecule has 0 N–H and O–H groups in total. The molecule has 0 spiro atoms. The van der Waals surface area contributed by atoms with Gasteiger partial charge in [0.2, 0.25) is 0 Å². The van der Waals surface area contributed by atoms with E-state index in [2.05, 4.69) is 64.3 Å². The summed E-state index contributed by atoms with van der Waals surface area (Å²) in [6, 6.07) is 6.71. The summed E-state index contributed by atoms with van der Waals surface area (Å²) in [7, 11) is 4.25. The highest BCUT2D eigenvalue weighted by Gasteiger charge is 2.16. The molecule has 0 aromatic carbocycles. The second-order valence-electron chi connectivity index (χ2n) is 6.93. The highest BCUT2D eigenvalue weighted by molar-refractivity contribution is 7.10. The van der Waals surface area contributed by atoms with E-state index in [-0.39, 0.29) is 0 Å². The van der Waals surface area contributed by atoms with Gasteiger partial charge in [0, 0.05) is 61.7 Å². The molecule has 0 amide bonds. The topological polar surface area (TPSA) is 22.6 Å². The molecule has 5 heteroatoms. The number of aromatic nitrogens is 1. The molecular weight excluding hydrogens is 316 g/mol. The van der Waals surface area contributed by atoms with Gasteiger partial charge in [0.15, 0.2) is 0 Å². The summed E-state index contributed by atoms with van der Waals surface area (Å²) in [5.41, 5.74) is 3.85. The van der Waals surface area contributed by atoms with Crippen molar-refractivity contribution in [3.63, 3.8) is 0 Å². The molecule has 4 nitrogen and oxygen atoms in total. The molecule has 130 valence electrons. The second-order valence-corrected chi connectivity index (χ2v) is 7.93. The SMILES string of the molecule is Cc1cc(N2CCCN(Cc3cc(CN(C)C)cs3)CC2)ccn1. The van der Waals surface area contributed by atoms with E-state index in [9.17, 15) is 0 Å². The molecule has 0 saturated carbocycles. The van der Waals surface area contributed by atoms with Gasteiger partial charge in [0.25, 0.3) is 0 Å². The van der Waals surface area contributed by atoms with Crippen LogP contribution in [0.5, 0.6) is 0 Å². The van der Waals surface area contributed by atoms with Crippen molar-refractivity contribution in [2.45, 2.75) is 26.4 Å². The Balaban J connectivity index is 1.56. The first-order chi connectivity index (χ1) is 11.6. The van der Waals surface area contributed by atoms with Gasteiger partial charge in [-0.25, -0.2) is 0 Å². The van der Waals surface area contributed by atoms with Gasteiger partial charge in [0.05, 0.1) is 0 Å². The van der Waals surface area contributed by atoms with E-state index in [1.807, 2.05) is 17.5 Å². The number of pyridine rings is 1. The minimum Gasteiger partial charge on any atom is -0.370 e. The van der Waals surface area contributed by atoms with E-state index in [1.54, 1.807) is 0 Å². The largest absolute Gasteiger partial charge is 0.370 e. The molecule has 1 aliphatic rings. The lowest BCUT2D eigenvalue weighted by Crippen LogP contribution is -2.30. The molecule has 3 rings (SSSR count). The maximum Gasteiger partial charge on any atom is 0.0400 e. The van der Waals surface area contributed by atoms with Crippen LogP contribution in [0.2, 0.25) is 0 Å². The molecule has 2 aromatic heterocycles. The summed E-state index contributed by atoms with van der Waals surface area (Å²) >= 11 is 1.90. The van der Waals surface area contributed by atoms with Gasteiger partial charge in [-0.05, 0) is 56.6 Å². The van der Waals surface area contributed by atoms with E-state index in [0.717, 1.165) is 38.4 Å². The van der Waals surface area contributed by atoms with Crippen LogP contribution in [0, 0.1) is 6.92 Å². The minimum atomic E-state index is 1.03. The van der Waals surface area contributed by atoms with Crippen molar-refractivity contribution in [1.29, 1.82) is 0 Å². The van der Waals surface area contributed by atoms with Crippen LogP contribution in [0.3, 0.4) is 0 Å². The summed E-state index contributed by atoms with van der Waals surface area (Å²) in [5, 5.41) is 2.30. The average molecular weight is 345 g/mol. The Bertz CT molecular complexity index is 652. The van der Waals surface area contributed by atoms with E-state index in [1.165, 1.54) is 29.1 Å². The van der Waals surface area contributed by atoms with Crippen LogP contribution in [0.4, 0.5) is 5.69 Å². The second kappa shape index (κ2) is 8.10. The fourth-order valence-corrected chi connectivity index (χ4v) is 4.21. The maximum absolute atomic E-state index is 4.31. The Labute approximate surface area is 149 Å². The molecular formula is C19H28N4S. The monoisotopic (exact) mass is 344 g/mol. The van der Waals surface area contributed by atoms with Crippen molar-refractivity contribution < 1.29 is 0 Å². The molecule has 0 radical (unpaired) electrons. The van der Waals surface area contributed by atoms with Crippen LogP contribution in [-0.4, -0.2) is 55.1 Å². The molecule has 24 heavy (non-hydrogen) atoms. The summed E-state index contributed by atoms with van der Waals surface area (Å²) in [4.78, 5) is 13.1. The number of hydrogen-bond acceptors (Lipinski definition) is 5. The Morgan fingerprint density at radius 2 is 2.04 bits per heavy atom. The number of hydrogen-bond donors (Lipinski definition) is 0. The first-order valence-corrected chi connectivity index (χ1v) is 9.59. The Morgan fingerprint density at radius 1 is 1.17 bits per heavy atom. The van der Waals surface area contributed by atoms with Gasteiger partial charge in [0.1, 0.15) is 0 Å². The van der Waals surface area contributed by atoms with Gasteiger partial charge >= 0.3 is 0 Å². The molecule has 1 saturated heterocycles. The van der Waals surface area contributed by atoms with Crippen molar-refractivity contribution in [2.75, 3.05) is 45.2 Å². The first-order valence-electron chi connectivity index (χ1n) is 8.71. The lowest BCUT2D eigenvalue weighted by atomic mass is 10.3. The molecule has 2 aromatic rings. The number of thiophene rings is 1. The van der Waals surface area contributed by atoms with Crippen LogP contribution < -0.4 is 4.90 Å². The summed E-state index contributed by atoms with van der Waals surface area (Å²) in [5.74, 6) is 0. The quantitative estimate of drug-likeness (QED) is 0.830. The number of rotatable bonds is 5. The van der Waals surface area contributed by atoms with Crippen molar-refractivity contribution in [3.8, 4) is 0 Å². The predicted molar refractivity (Wildman–Crippen MR) is 103 cm³/mol. The number of anilines is 1. The van der Waals surface area contributed by atoms with E-state index < -0.39 is 0 Å². The molecule has 1 fully saturated rings. The standard InChI is InChI=1S/C19H28N4S/c1-16-11-18(5-6-20-16)23-8-4-7-22(9-10-23)14-19-12-17(15-24-19)13-21(2)3/h5-6,11-12,15H,4,7-10,13-14H2,1-3H3. The lowest BCUT2D eigenvalue weighted by molar-refractivity contribution is 0.288. The highest BCUT2D eigenvalue weighted by atomic mass is 32.1. The lowest BCUT2D eigenvalue weighted by Gasteiger charge is -2.23. The van der Waals surface area contributed by atoms with E-state index >= 15 is 0 Å². The minimum absolute atomic E-state index is 1.03. The molecule has 3 heterocycles. The van der Waals surface area contributed by atoms with Crippen molar-refractivity contribution in [1.82, 2.24) is 14.8 Å². The van der Waals surface area contributed by atoms with Crippen LogP contribution in [0.1, 0.15) is 22.6 Å². The molecule has 0 bridgehead atoms. The third-order valence-corrected chi connectivity index (χ3v) is 5.39. The zero-order valence-electron chi connectivity index (χ0n) is 15.0. The Morgan fingerprint density at radius 3 is 2.83 bits per heavy atom. The Kier molecular flexibility index (Phi) is 5.87. The average Bonchev–Trinajstić information content (AvgIpc) is 2.82. The summed E-state index contributed by atoms with van der Waals surface area (Å²) < 4.78 is 0. The fraction of sp³-hybridized carbons (Fsp3) is 0.526. The van der Waals surface area contributed by atoms with E-state index in [4.69, 9.17) is 0 Å². The highest BCUT2D eigenvalue weighted by Crippen LogP contribution is 2.20. The van der Waals surface area contributed by atoms with Gasteiger partial charge < -0.3 is 9.80 Å². The number of nitrogens with zero attached hydrogens (tertiary/aromatic N) is 4. The zero-order valence-corrected chi connectivity index (χ0v) is 15.9. The molecule has 0 unspecified atom stereocenters. The van der Waals surface area contributed by atoms with Crippen molar-refractivity contribution >= 4 is 17.0 Å². The third-order valence-electron chi connectivity index (χ3n) is 4.42. The van der Waals surface area contributed by atoms with Crippen molar-refractivity contribution in [3.05, 3.63) is 45.9 Å². The normalized spacial score (nSPS) is 16.6. The molecule has 0 atom stereocenters. The van der Waals surface area contributed by atoms with Crippen molar-refractivity contribution in [2.24, 2.45) is 0 Å². The number of aryl methyl sites for hydroxylation is 1. The smallest absolute Gasteiger partial charge is 0.0400 e. The maximum atomic E-state index is 4.31. The first kappa shape index (κ1) is 17.4. The van der Waals surface area contributed by atoms with E-state index in [0.29, 0.717) is 0 Å². The fourth-order valence-electron chi connectivity index (χ4n) is 3.29. The van der Waals surface area contributed by atoms with Gasteiger partial charge in [-0.15, -0.1) is 11.3 Å². The van der Waals surface area contributed by atoms with Gasteiger partial charge in [-0.3, -0.25) is 9.88 Å². The third kappa shape index (κ3) is 4.79. The van der Waals surface area contributed by atoms with Gasteiger partial charge in [-0.1, -0.05) is 0 Å². The molecule has 1 aliphatic heterocycles. The molecule has 0 aliphatic carbocycles. The van der Waals surface area contributed by atoms with Crippen LogP contribution >= 0.6 is 11.3 Å². The summed E-state index contributed by atoms with van der Waals surface area (Å²) in [6.07, 6.45) is 3.14. The summed E-state index contributed by atoms with van der Waals surface area (Å²) in [6.45, 7) is 8.72. The van der Waals surface area contributed by atoms with Crippen LogP contribution in [0.15, 0.2) is 29.8 Å². The van der Waals surface area contributed by atoms with Crippen LogP contribution in [-0.2, 0) is 13.1 Å². The predicted octanol–water partition coefficient (Wildman–Crippen LogP) is 3.23. The van der Waals surface area contributed by atoms with Gasteiger partial charge in [-0.2, -0.15) is 0 Å². The Hall–Kier alpha value is -1.43.